The lowest BCUT2D eigenvalue weighted by Gasteiger charge is -2.15. The predicted octanol–water partition coefficient (Wildman–Crippen LogP) is 2.13. The minimum atomic E-state index is -0.0450. The van der Waals surface area contributed by atoms with Crippen molar-refractivity contribution < 1.29 is 9.90 Å². The van der Waals surface area contributed by atoms with Gasteiger partial charge in [-0.05, 0) is 29.3 Å². The standard InChI is InChI=1S/C15H14N2O2/c16-13-6-2-4-11-9-17(15(19)14(11)13)8-10-3-1-5-12(18)7-10/h1-7,18H,8-9,16H2. The van der Waals surface area contributed by atoms with Gasteiger partial charge in [0.25, 0.3) is 5.91 Å². The van der Waals surface area contributed by atoms with E-state index in [1.54, 1.807) is 29.2 Å². The predicted molar refractivity (Wildman–Crippen MR) is 72.5 cm³/mol. The summed E-state index contributed by atoms with van der Waals surface area (Å²) in [7, 11) is 0. The Morgan fingerprint density at radius 1 is 1.21 bits per heavy atom. The molecule has 0 fully saturated rings. The number of nitrogens with zero attached hydrogens (tertiary/aromatic N) is 1. The van der Waals surface area contributed by atoms with Gasteiger partial charge in [0, 0.05) is 18.8 Å². The minimum Gasteiger partial charge on any atom is -0.508 e. The Balaban J connectivity index is 1.87. The second-order valence-electron chi connectivity index (χ2n) is 4.71. The van der Waals surface area contributed by atoms with Crippen LogP contribution < -0.4 is 5.73 Å². The van der Waals surface area contributed by atoms with Gasteiger partial charge in [0.2, 0.25) is 0 Å². The molecular weight excluding hydrogens is 240 g/mol. The normalized spacial score (nSPS) is 13.7. The van der Waals surface area contributed by atoms with E-state index in [1.807, 2.05) is 18.2 Å². The molecule has 2 aromatic carbocycles. The van der Waals surface area contributed by atoms with Crippen LogP contribution in [0.15, 0.2) is 42.5 Å². The maximum atomic E-state index is 12.3. The van der Waals surface area contributed by atoms with E-state index in [2.05, 4.69) is 0 Å². The third-order valence-electron chi connectivity index (χ3n) is 3.33. The number of rotatable bonds is 2. The molecule has 19 heavy (non-hydrogen) atoms. The van der Waals surface area contributed by atoms with Crippen LogP contribution >= 0.6 is 0 Å². The van der Waals surface area contributed by atoms with Gasteiger partial charge in [0.15, 0.2) is 0 Å². The first kappa shape index (κ1) is 11.6. The number of carbonyl (C=O) groups excluding carboxylic acids is 1. The fourth-order valence-corrected chi connectivity index (χ4v) is 2.45. The number of fused-ring (bicyclic) bond motifs is 1. The van der Waals surface area contributed by atoms with Crippen molar-refractivity contribution in [2.45, 2.75) is 13.1 Å². The highest BCUT2D eigenvalue weighted by Crippen LogP contribution is 2.28. The summed E-state index contributed by atoms with van der Waals surface area (Å²) in [4.78, 5) is 14.0. The molecule has 0 saturated carbocycles. The van der Waals surface area contributed by atoms with E-state index >= 15 is 0 Å². The highest BCUT2D eigenvalue weighted by atomic mass is 16.3. The Bertz CT molecular complexity index is 652. The van der Waals surface area contributed by atoms with Crippen LogP contribution in [0.5, 0.6) is 5.75 Å². The Hall–Kier alpha value is -2.49. The third kappa shape index (κ3) is 2.01. The summed E-state index contributed by atoms with van der Waals surface area (Å²) in [6.07, 6.45) is 0. The van der Waals surface area contributed by atoms with Crippen molar-refractivity contribution in [3.05, 3.63) is 59.2 Å². The lowest BCUT2D eigenvalue weighted by Crippen LogP contribution is -2.23. The molecule has 3 rings (SSSR count). The topological polar surface area (TPSA) is 66.6 Å². The molecule has 1 amide bonds. The zero-order valence-electron chi connectivity index (χ0n) is 10.3. The van der Waals surface area contributed by atoms with E-state index in [9.17, 15) is 9.90 Å². The largest absolute Gasteiger partial charge is 0.508 e. The third-order valence-corrected chi connectivity index (χ3v) is 3.33. The maximum Gasteiger partial charge on any atom is 0.256 e. The number of aromatic hydroxyl groups is 1. The second-order valence-corrected chi connectivity index (χ2v) is 4.71. The highest BCUT2D eigenvalue weighted by Gasteiger charge is 2.28. The molecule has 1 aliphatic rings. The number of hydrogen-bond donors (Lipinski definition) is 2. The van der Waals surface area contributed by atoms with Crippen LogP contribution in [-0.2, 0) is 13.1 Å². The highest BCUT2D eigenvalue weighted by molar-refractivity contribution is 6.02. The monoisotopic (exact) mass is 254 g/mol. The van der Waals surface area contributed by atoms with Gasteiger partial charge >= 0.3 is 0 Å². The molecule has 0 bridgehead atoms. The van der Waals surface area contributed by atoms with Gasteiger partial charge in [-0.3, -0.25) is 4.79 Å². The van der Waals surface area contributed by atoms with Gasteiger partial charge in [-0.1, -0.05) is 24.3 Å². The molecular formula is C15H14N2O2. The first-order valence-corrected chi connectivity index (χ1v) is 6.09. The summed E-state index contributed by atoms with van der Waals surface area (Å²) in [5, 5.41) is 9.45. The molecule has 0 unspecified atom stereocenters. The fourth-order valence-electron chi connectivity index (χ4n) is 2.45. The SMILES string of the molecule is Nc1cccc2c1C(=O)N(Cc1cccc(O)c1)C2. The molecule has 96 valence electrons. The second kappa shape index (κ2) is 4.31. The zero-order valence-corrected chi connectivity index (χ0v) is 10.3. The van der Waals surface area contributed by atoms with E-state index < -0.39 is 0 Å². The number of anilines is 1. The lowest BCUT2D eigenvalue weighted by molar-refractivity contribution is 0.0767. The van der Waals surface area contributed by atoms with Gasteiger partial charge in [0.1, 0.15) is 5.75 Å². The van der Waals surface area contributed by atoms with Crippen molar-refractivity contribution in [2.24, 2.45) is 0 Å². The smallest absolute Gasteiger partial charge is 0.256 e. The van der Waals surface area contributed by atoms with Crippen LogP contribution in [-0.4, -0.2) is 15.9 Å². The summed E-state index contributed by atoms with van der Waals surface area (Å²) in [5.41, 5.74) is 8.86. The van der Waals surface area contributed by atoms with Crippen molar-refractivity contribution >= 4 is 11.6 Å². The van der Waals surface area contributed by atoms with Crippen LogP contribution in [0, 0.1) is 0 Å². The van der Waals surface area contributed by atoms with Crippen LogP contribution in [0.1, 0.15) is 21.5 Å². The van der Waals surface area contributed by atoms with Gasteiger partial charge in [-0.2, -0.15) is 0 Å². The quantitative estimate of drug-likeness (QED) is 0.807. The number of phenolic OH excluding ortho intramolecular Hbond substituents is 1. The summed E-state index contributed by atoms with van der Waals surface area (Å²) < 4.78 is 0. The molecule has 0 radical (unpaired) electrons. The fraction of sp³-hybridized carbons (Fsp3) is 0.133. The average Bonchev–Trinajstić information content (AvgIpc) is 2.68. The molecule has 4 nitrogen and oxygen atoms in total. The zero-order chi connectivity index (χ0) is 13.4. The van der Waals surface area contributed by atoms with Crippen LogP contribution in [0.2, 0.25) is 0 Å². The molecule has 1 aliphatic heterocycles. The summed E-state index contributed by atoms with van der Waals surface area (Å²) >= 11 is 0. The van der Waals surface area contributed by atoms with Crippen molar-refractivity contribution in [1.82, 2.24) is 4.90 Å². The summed E-state index contributed by atoms with van der Waals surface area (Å²) in [5.74, 6) is 0.164. The summed E-state index contributed by atoms with van der Waals surface area (Å²) in [6.45, 7) is 1.04. The van der Waals surface area contributed by atoms with Crippen LogP contribution in [0.25, 0.3) is 0 Å². The van der Waals surface area contributed by atoms with E-state index in [0.29, 0.717) is 24.3 Å². The molecule has 2 aromatic rings. The van der Waals surface area contributed by atoms with E-state index in [4.69, 9.17) is 5.73 Å². The Morgan fingerprint density at radius 3 is 2.74 bits per heavy atom. The number of nitrogens with two attached hydrogens (primary N) is 1. The Labute approximate surface area is 111 Å². The van der Waals surface area contributed by atoms with Gasteiger partial charge in [-0.15, -0.1) is 0 Å². The molecule has 1 heterocycles. The lowest BCUT2D eigenvalue weighted by atomic mass is 10.1. The van der Waals surface area contributed by atoms with Crippen molar-refractivity contribution in [3.8, 4) is 5.75 Å². The molecule has 0 saturated heterocycles. The first-order valence-electron chi connectivity index (χ1n) is 6.09. The average molecular weight is 254 g/mol. The van der Waals surface area contributed by atoms with Crippen molar-refractivity contribution in [2.75, 3.05) is 5.73 Å². The van der Waals surface area contributed by atoms with Crippen molar-refractivity contribution in [3.63, 3.8) is 0 Å². The molecule has 0 atom stereocenters. The number of carbonyl (C=O) groups is 1. The number of amides is 1. The first-order chi connectivity index (χ1) is 9.15. The molecule has 0 aliphatic carbocycles. The van der Waals surface area contributed by atoms with Crippen molar-refractivity contribution in [1.29, 1.82) is 0 Å². The molecule has 0 spiro atoms. The number of nitrogen functional groups attached to an aromatic ring is 1. The maximum absolute atomic E-state index is 12.3. The Kier molecular flexibility index (Phi) is 2.63. The number of benzene rings is 2. The van der Waals surface area contributed by atoms with Gasteiger partial charge < -0.3 is 15.7 Å². The van der Waals surface area contributed by atoms with E-state index in [0.717, 1.165) is 11.1 Å². The Morgan fingerprint density at radius 2 is 2.00 bits per heavy atom. The van der Waals surface area contributed by atoms with Gasteiger partial charge in [0.05, 0.1) is 5.56 Å². The van der Waals surface area contributed by atoms with Crippen LogP contribution in [0.3, 0.4) is 0 Å². The minimum absolute atomic E-state index is 0.0450. The van der Waals surface area contributed by atoms with E-state index in [-0.39, 0.29) is 11.7 Å². The summed E-state index contributed by atoms with van der Waals surface area (Å²) in [6, 6.07) is 12.5. The molecule has 4 heteroatoms. The molecule has 3 N–H and O–H groups in total. The number of hydrogen-bond acceptors (Lipinski definition) is 3. The molecule has 0 aromatic heterocycles. The van der Waals surface area contributed by atoms with Gasteiger partial charge in [-0.25, -0.2) is 0 Å². The van der Waals surface area contributed by atoms with Crippen LogP contribution in [0.4, 0.5) is 5.69 Å². The number of phenols is 1. The van der Waals surface area contributed by atoms with E-state index in [1.165, 1.54) is 0 Å².